The van der Waals surface area contributed by atoms with E-state index in [0.717, 1.165) is 60.2 Å². The molecule has 190 valence electrons. The number of benzene rings is 2. The van der Waals surface area contributed by atoms with Crippen LogP contribution < -0.4 is 19.9 Å². The molecule has 0 aliphatic carbocycles. The molecule has 0 saturated carbocycles. The number of ether oxygens (including phenoxy) is 1. The van der Waals surface area contributed by atoms with E-state index in [-0.39, 0.29) is 5.91 Å². The van der Waals surface area contributed by atoms with Crippen molar-refractivity contribution in [1.29, 1.82) is 0 Å². The van der Waals surface area contributed by atoms with Gasteiger partial charge < -0.3 is 19.9 Å². The second kappa shape index (κ2) is 10.2. The molecule has 0 unspecified atom stereocenters. The molecule has 5 aromatic rings. The molecule has 3 aromatic heterocycles. The topological polar surface area (TPSA) is 101 Å². The van der Waals surface area contributed by atoms with E-state index in [2.05, 4.69) is 35.2 Å². The number of aromatic nitrogens is 5. The van der Waals surface area contributed by atoms with Crippen LogP contribution >= 0.6 is 0 Å². The van der Waals surface area contributed by atoms with Crippen LogP contribution in [0.4, 0.5) is 17.2 Å². The van der Waals surface area contributed by atoms with E-state index in [0.29, 0.717) is 11.3 Å². The van der Waals surface area contributed by atoms with Crippen LogP contribution in [0.5, 0.6) is 5.75 Å². The first-order valence-corrected chi connectivity index (χ1v) is 12.3. The molecule has 6 rings (SSSR count). The van der Waals surface area contributed by atoms with Gasteiger partial charge in [0.05, 0.1) is 35.6 Å². The van der Waals surface area contributed by atoms with Gasteiger partial charge in [-0.2, -0.15) is 5.10 Å². The fraction of sp³-hybridized carbons (Fsp3) is 0.179. The molecule has 1 aliphatic rings. The lowest BCUT2D eigenvalue weighted by Gasteiger charge is -2.37. The summed E-state index contributed by atoms with van der Waals surface area (Å²) in [5.41, 5.74) is 3.87. The molecule has 38 heavy (non-hydrogen) atoms. The summed E-state index contributed by atoms with van der Waals surface area (Å²) in [6.07, 6.45) is 6.63. The summed E-state index contributed by atoms with van der Waals surface area (Å²) in [5.74, 6) is 1.43. The Labute approximate surface area is 219 Å². The van der Waals surface area contributed by atoms with Gasteiger partial charge in [0, 0.05) is 44.3 Å². The molecule has 10 nitrogen and oxygen atoms in total. The largest absolute Gasteiger partial charge is 0.495 e. The summed E-state index contributed by atoms with van der Waals surface area (Å²) in [6, 6.07) is 19.1. The Morgan fingerprint density at radius 1 is 0.921 bits per heavy atom. The lowest BCUT2D eigenvalue weighted by molar-refractivity contribution is 0.102. The smallest absolute Gasteiger partial charge is 0.257 e. The quantitative estimate of drug-likeness (QED) is 0.371. The van der Waals surface area contributed by atoms with E-state index >= 15 is 0 Å². The van der Waals surface area contributed by atoms with E-state index in [1.54, 1.807) is 38.0 Å². The van der Waals surface area contributed by atoms with Crippen LogP contribution in [-0.2, 0) is 0 Å². The second-order valence-electron chi connectivity index (χ2n) is 8.88. The average molecular weight is 507 g/mol. The Morgan fingerprint density at radius 2 is 1.74 bits per heavy atom. The maximum absolute atomic E-state index is 12.6. The minimum atomic E-state index is -0.206. The molecule has 1 amide bonds. The fourth-order valence-electron chi connectivity index (χ4n) is 4.72. The number of fused-ring (bicyclic) bond motifs is 1. The van der Waals surface area contributed by atoms with Gasteiger partial charge in [-0.3, -0.25) is 9.78 Å². The van der Waals surface area contributed by atoms with Crippen molar-refractivity contribution in [3.8, 4) is 11.4 Å². The Balaban J connectivity index is 1.20. The van der Waals surface area contributed by atoms with Gasteiger partial charge in [0.15, 0.2) is 5.65 Å². The lowest BCUT2D eigenvalue weighted by atomic mass is 10.2. The number of carbonyl (C=O) groups excluding carboxylic acids is 1. The summed E-state index contributed by atoms with van der Waals surface area (Å²) in [5, 5.41) is 8.46. The third kappa shape index (κ3) is 4.47. The standard InChI is InChI=1S/C28H26N8O2/c1-38-25-10-9-21(33-28(37)20-6-5-11-29-17-20)16-24(25)34-12-14-35(15-13-34)26-23-18-32-36(27(23)31-19-30-26)22-7-3-2-4-8-22/h2-11,16-19H,12-15H2,1H3,(H,33,37). The predicted molar refractivity (Wildman–Crippen MR) is 146 cm³/mol. The summed E-state index contributed by atoms with van der Waals surface area (Å²) in [7, 11) is 1.66. The van der Waals surface area contributed by atoms with Crippen LogP contribution in [0.3, 0.4) is 0 Å². The SMILES string of the molecule is COc1ccc(NC(=O)c2cccnc2)cc1N1CCN(c2ncnc3c2cnn3-c2ccccc2)CC1. The Bertz CT molecular complexity index is 1560. The molecule has 1 fully saturated rings. The molecule has 1 saturated heterocycles. The number of hydrogen-bond donors (Lipinski definition) is 1. The zero-order valence-corrected chi connectivity index (χ0v) is 20.9. The maximum Gasteiger partial charge on any atom is 0.257 e. The number of amides is 1. The fourth-order valence-corrected chi connectivity index (χ4v) is 4.72. The molecular formula is C28H26N8O2. The second-order valence-corrected chi connectivity index (χ2v) is 8.88. The minimum absolute atomic E-state index is 0.206. The number of nitrogens with zero attached hydrogens (tertiary/aromatic N) is 7. The van der Waals surface area contributed by atoms with Gasteiger partial charge in [0.1, 0.15) is 17.9 Å². The summed E-state index contributed by atoms with van der Waals surface area (Å²) in [6.45, 7) is 3.04. The molecule has 0 radical (unpaired) electrons. The van der Waals surface area contributed by atoms with Gasteiger partial charge in [-0.25, -0.2) is 14.6 Å². The van der Waals surface area contributed by atoms with Gasteiger partial charge in [0.25, 0.3) is 5.91 Å². The van der Waals surface area contributed by atoms with Crippen LogP contribution in [0.15, 0.2) is 85.6 Å². The zero-order chi connectivity index (χ0) is 25.9. The number of hydrogen-bond acceptors (Lipinski definition) is 8. The highest BCUT2D eigenvalue weighted by molar-refractivity contribution is 6.04. The molecule has 1 aliphatic heterocycles. The number of methoxy groups -OCH3 is 1. The van der Waals surface area contributed by atoms with Crippen molar-refractivity contribution in [2.45, 2.75) is 0 Å². The summed E-state index contributed by atoms with van der Waals surface area (Å²) < 4.78 is 7.49. The van der Waals surface area contributed by atoms with E-state index in [9.17, 15) is 4.79 Å². The van der Waals surface area contributed by atoms with Gasteiger partial charge >= 0.3 is 0 Å². The Morgan fingerprint density at radius 3 is 2.50 bits per heavy atom. The molecule has 10 heteroatoms. The number of anilines is 3. The van der Waals surface area contributed by atoms with Crippen molar-refractivity contribution in [3.63, 3.8) is 0 Å². The number of pyridine rings is 1. The van der Waals surface area contributed by atoms with Crippen molar-refractivity contribution in [1.82, 2.24) is 24.7 Å². The van der Waals surface area contributed by atoms with Crippen molar-refractivity contribution < 1.29 is 9.53 Å². The van der Waals surface area contributed by atoms with Crippen LogP contribution in [0.25, 0.3) is 16.7 Å². The first-order chi connectivity index (χ1) is 18.7. The third-order valence-electron chi connectivity index (χ3n) is 6.63. The van der Waals surface area contributed by atoms with E-state index in [1.165, 1.54) is 0 Å². The van der Waals surface area contributed by atoms with Crippen LogP contribution in [0.1, 0.15) is 10.4 Å². The van der Waals surface area contributed by atoms with Gasteiger partial charge in [-0.05, 0) is 42.5 Å². The first kappa shape index (κ1) is 23.4. The monoisotopic (exact) mass is 506 g/mol. The van der Waals surface area contributed by atoms with Crippen molar-refractivity contribution in [3.05, 3.63) is 91.1 Å². The van der Waals surface area contributed by atoms with Crippen LogP contribution in [-0.4, -0.2) is 63.9 Å². The first-order valence-electron chi connectivity index (χ1n) is 12.3. The maximum atomic E-state index is 12.6. The van der Waals surface area contributed by atoms with Gasteiger partial charge in [-0.1, -0.05) is 18.2 Å². The molecule has 1 N–H and O–H groups in total. The molecule has 0 bridgehead atoms. The summed E-state index contributed by atoms with van der Waals surface area (Å²) in [4.78, 5) is 30.3. The average Bonchev–Trinajstić information content (AvgIpc) is 3.43. The van der Waals surface area contributed by atoms with E-state index in [1.807, 2.05) is 59.4 Å². The molecular weight excluding hydrogens is 480 g/mol. The van der Waals surface area contributed by atoms with Gasteiger partial charge in [-0.15, -0.1) is 0 Å². The number of carbonyl (C=O) groups is 1. The normalized spacial score (nSPS) is 13.5. The van der Waals surface area contributed by atoms with Crippen molar-refractivity contribution in [2.75, 3.05) is 48.4 Å². The predicted octanol–water partition coefficient (Wildman–Crippen LogP) is 3.80. The highest BCUT2D eigenvalue weighted by atomic mass is 16.5. The van der Waals surface area contributed by atoms with E-state index < -0.39 is 0 Å². The number of nitrogens with one attached hydrogen (secondary N) is 1. The lowest BCUT2D eigenvalue weighted by Crippen LogP contribution is -2.47. The molecule has 4 heterocycles. The summed E-state index contributed by atoms with van der Waals surface area (Å²) >= 11 is 0. The van der Waals surface area contributed by atoms with Gasteiger partial charge in [0.2, 0.25) is 0 Å². The highest BCUT2D eigenvalue weighted by Crippen LogP contribution is 2.33. The molecule has 2 aromatic carbocycles. The highest BCUT2D eigenvalue weighted by Gasteiger charge is 2.24. The minimum Gasteiger partial charge on any atom is -0.495 e. The van der Waals surface area contributed by atoms with Crippen molar-refractivity contribution in [2.24, 2.45) is 0 Å². The van der Waals surface area contributed by atoms with E-state index in [4.69, 9.17) is 4.74 Å². The third-order valence-corrected chi connectivity index (χ3v) is 6.63. The number of piperazine rings is 1. The zero-order valence-electron chi connectivity index (χ0n) is 20.9. The van der Waals surface area contributed by atoms with Crippen molar-refractivity contribution >= 4 is 34.1 Å². The molecule has 0 atom stereocenters. The molecule has 0 spiro atoms. The Hall–Kier alpha value is -4.99. The number of rotatable bonds is 6. The van der Waals surface area contributed by atoms with Crippen LogP contribution in [0.2, 0.25) is 0 Å². The van der Waals surface area contributed by atoms with Crippen LogP contribution in [0, 0.1) is 0 Å². The Kier molecular flexibility index (Phi) is 6.27. The number of para-hydroxylation sites is 1.